The molecule has 0 aliphatic carbocycles. The number of H-pyrrole nitrogens is 1. The summed E-state index contributed by atoms with van der Waals surface area (Å²) in [4.78, 5) is 28.2. The maximum Gasteiger partial charge on any atom is 0.416 e. The van der Waals surface area contributed by atoms with Gasteiger partial charge in [-0.3, -0.25) is 4.79 Å². The van der Waals surface area contributed by atoms with Crippen LogP contribution in [0.4, 0.5) is 13.2 Å². The predicted octanol–water partition coefficient (Wildman–Crippen LogP) is 1.09. The lowest BCUT2D eigenvalue weighted by Gasteiger charge is -2.20. The number of rotatable bonds is 6. The number of aromatic nitrogens is 2. The average Bonchev–Trinajstić information content (AvgIpc) is 2.54. The topological polar surface area (TPSA) is 121 Å². The van der Waals surface area contributed by atoms with Gasteiger partial charge in [-0.25, -0.2) is 18.0 Å². The number of alkyl halides is 3. The van der Waals surface area contributed by atoms with E-state index in [-0.39, 0.29) is 27.6 Å². The quantitative estimate of drug-likeness (QED) is 0.659. The highest BCUT2D eigenvalue weighted by atomic mass is 32.2. The zero-order valence-corrected chi connectivity index (χ0v) is 15.2. The monoisotopic (exact) mass is 409 g/mol. The lowest BCUT2D eigenvalue weighted by atomic mass is 9.89. The van der Waals surface area contributed by atoms with Crippen LogP contribution in [0, 0.1) is 0 Å². The minimum Gasteiger partial charge on any atom is -0.396 e. The van der Waals surface area contributed by atoms with Crippen molar-refractivity contribution in [3.8, 4) is 0 Å². The number of hydrogen-bond acceptors (Lipinski definition) is 5. The van der Waals surface area contributed by atoms with E-state index in [0.717, 1.165) is 6.07 Å². The Morgan fingerprint density at radius 1 is 1.30 bits per heavy atom. The smallest absolute Gasteiger partial charge is 0.396 e. The summed E-state index contributed by atoms with van der Waals surface area (Å²) in [5, 5.41) is 9.18. The number of aliphatic hydroxyl groups excluding tert-OH is 1. The van der Waals surface area contributed by atoms with Crippen molar-refractivity contribution in [1.82, 2.24) is 9.66 Å². The molecule has 3 N–H and O–H groups in total. The van der Waals surface area contributed by atoms with Crippen molar-refractivity contribution >= 4 is 20.9 Å². The van der Waals surface area contributed by atoms with Gasteiger partial charge in [-0.2, -0.15) is 17.8 Å². The fourth-order valence-corrected chi connectivity index (χ4v) is 3.30. The molecule has 1 aromatic carbocycles. The molecule has 0 radical (unpaired) electrons. The van der Waals surface area contributed by atoms with E-state index in [9.17, 15) is 36.3 Å². The lowest BCUT2D eigenvalue weighted by Crippen LogP contribution is -2.43. The molecule has 27 heavy (non-hydrogen) atoms. The van der Waals surface area contributed by atoms with Gasteiger partial charge in [-0.05, 0) is 24.1 Å². The number of aromatic amines is 1. The second-order valence-corrected chi connectivity index (χ2v) is 7.81. The van der Waals surface area contributed by atoms with E-state index >= 15 is 0 Å². The van der Waals surface area contributed by atoms with Crippen LogP contribution in [0.3, 0.4) is 0 Å². The second kappa shape index (κ2) is 7.35. The first-order chi connectivity index (χ1) is 12.4. The van der Waals surface area contributed by atoms with Crippen LogP contribution >= 0.6 is 0 Å². The molecule has 0 fully saturated rings. The third-order valence-electron chi connectivity index (χ3n) is 3.93. The fourth-order valence-electron chi connectivity index (χ4n) is 2.81. The van der Waals surface area contributed by atoms with Crippen LogP contribution in [0.15, 0.2) is 21.7 Å². The molecule has 1 atom stereocenters. The highest BCUT2D eigenvalue weighted by Crippen LogP contribution is 2.38. The Labute approximate surface area is 151 Å². The highest BCUT2D eigenvalue weighted by Gasteiger charge is 2.36. The molecule has 8 nitrogen and oxygen atoms in total. The first-order valence-corrected chi connectivity index (χ1v) is 9.77. The number of halogens is 3. The Kier molecular flexibility index (Phi) is 5.71. The number of benzene rings is 1. The van der Waals surface area contributed by atoms with Crippen LogP contribution in [0.1, 0.15) is 36.8 Å². The second-order valence-electron chi connectivity index (χ2n) is 6.09. The maximum atomic E-state index is 13.5. The number of hydrogen-bond donors (Lipinski definition) is 3. The van der Waals surface area contributed by atoms with E-state index in [2.05, 4.69) is 4.98 Å². The Morgan fingerprint density at radius 2 is 1.93 bits per heavy atom. The van der Waals surface area contributed by atoms with Gasteiger partial charge >= 0.3 is 11.9 Å². The lowest BCUT2D eigenvalue weighted by molar-refractivity contribution is -0.138. The van der Waals surface area contributed by atoms with E-state index in [4.69, 9.17) is 0 Å². The molecule has 1 heterocycles. The van der Waals surface area contributed by atoms with E-state index in [1.54, 1.807) is 11.8 Å². The fraction of sp³-hybridized carbons (Fsp3) is 0.467. The van der Waals surface area contributed by atoms with Crippen molar-refractivity contribution in [2.75, 3.05) is 17.7 Å². The third kappa shape index (κ3) is 4.50. The Bertz CT molecular complexity index is 1070. The van der Waals surface area contributed by atoms with Crippen molar-refractivity contribution in [3.63, 3.8) is 0 Å². The Morgan fingerprint density at radius 3 is 2.41 bits per heavy atom. The molecule has 12 heteroatoms. The predicted molar refractivity (Wildman–Crippen MR) is 92.8 cm³/mol. The van der Waals surface area contributed by atoms with Crippen LogP contribution in [0.5, 0.6) is 0 Å². The number of fused-ring (bicyclic) bond motifs is 1. The van der Waals surface area contributed by atoms with Crippen LogP contribution in [-0.2, 0) is 16.2 Å². The molecule has 0 aliphatic heterocycles. The highest BCUT2D eigenvalue weighted by molar-refractivity contribution is 7.91. The molecule has 0 spiro atoms. The van der Waals surface area contributed by atoms with Crippen LogP contribution < -0.4 is 16.1 Å². The summed E-state index contributed by atoms with van der Waals surface area (Å²) >= 11 is 0. The van der Waals surface area contributed by atoms with Crippen molar-refractivity contribution < 1.29 is 26.7 Å². The summed E-state index contributed by atoms with van der Waals surface area (Å²) in [6, 6.07) is 1.56. The van der Waals surface area contributed by atoms with Gasteiger partial charge < -0.3 is 10.1 Å². The van der Waals surface area contributed by atoms with Crippen molar-refractivity contribution in [2.24, 2.45) is 0 Å². The maximum absolute atomic E-state index is 13.5. The van der Waals surface area contributed by atoms with Crippen molar-refractivity contribution in [1.29, 1.82) is 0 Å². The van der Waals surface area contributed by atoms with Gasteiger partial charge in [0.05, 0.1) is 22.7 Å². The Hall–Kier alpha value is -2.34. The zero-order chi connectivity index (χ0) is 20.6. The largest absolute Gasteiger partial charge is 0.416 e. The van der Waals surface area contributed by atoms with Gasteiger partial charge in [0.2, 0.25) is 10.0 Å². The summed E-state index contributed by atoms with van der Waals surface area (Å²) in [7, 11) is -3.99. The number of aliphatic hydroxyl groups is 1. The standard InChI is InChI=1S/C15H18F3N3O5S/c1-3-4-8(7-22)9-5-10-12(6-11(9)15(16,17)18)19-14(24)21(13(10)23)20-27(2,25)26/h5-6,8,20,22H,3-4,7H2,1-2H3,(H,19,24). The van der Waals surface area contributed by atoms with Gasteiger partial charge in [0.15, 0.2) is 0 Å². The first kappa shape index (κ1) is 21.0. The summed E-state index contributed by atoms with van der Waals surface area (Å²) in [5.41, 5.74) is -4.12. The normalized spacial score (nSPS) is 13.7. The van der Waals surface area contributed by atoms with Gasteiger partial charge in [0.1, 0.15) is 0 Å². The van der Waals surface area contributed by atoms with E-state index in [1.807, 2.05) is 0 Å². The zero-order valence-electron chi connectivity index (χ0n) is 14.4. The Balaban J connectivity index is 2.88. The number of nitrogens with one attached hydrogen (secondary N) is 2. The molecule has 1 aromatic heterocycles. The van der Waals surface area contributed by atoms with Gasteiger partial charge in [-0.15, -0.1) is 0 Å². The average molecular weight is 409 g/mol. The molecule has 150 valence electrons. The molecule has 0 amide bonds. The van der Waals surface area contributed by atoms with E-state index < -0.39 is 45.5 Å². The molecular weight excluding hydrogens is 391 g/mol. The summed E-state index contributed by atoms with van der Waals surface area (Å²) in [5.74, 6) is -0.876. The van der Waals surface area contributed by atoms with Gasteiger partial charge in [-0.1, -0.05) is 13.3 Å². The third-order valence-corrected chi connectivity index (χ3v) is 4.44. The minimum atomic E-state index is -4.78. The number of sulfonamides is 1. The molecule has 0 bridgehead atoms. The van der Waals surface area contributed by atoms with Crippen molar-refractivity contribution in [2.45, 2.75) is 31.9 Å². The summed E-state index contributed by atoms with van der Waals surface area (Å²) in [6.07, 6.45) is -3.33. The molecule has 0 aliphatic rings. The van der Waals surface area contributed by atoms with Gasteiger partial charge in [0, 0.05) is 12.5 Å². The first-order valence-electron chi connectivity index (χ1n) is 7.87. The minimum absolute atomic E-state index is 0.169. The summed E-state index contributed by atoms with van der Waals surface area (Å²) < 4.78 is 63.2. The molecule has 2 aromatic rings. The molecule has 0 saturated carbocycles. The van der Waals surface area contributed by atoms with Crippen LogP contribution in [-0.4, -0.2) is 36.0 Å². The molecule has 1 unspecified atom stereocenters. The van der Waals surface area contributed by atoms with Gasteiger partial charge in [0.25, 0.3) is 5.56 Å². The molecule has 0 saturated heterocycles. The SMILES string of the molecule is CCCC(CO)c1cc2c(=O)n(NS(C)(=O)=O)c(=O)[nH]c2cc1C(F)(F)F. The van der Waals surface area contributed by atoms with Crippen LogP contribution in [0.2, 0.25) is 0 Å². The summed E-state index contributed by atoms with van der Waals surface area (Å²) in [6.45, 7) is 1.17. The van der Waals surface area contributed by atoms with Crippen molar-refractivity contribution in [3.05, 3.63) is 44.1 Å². The molecule has 2 rings (SSSR count). The molecular formula is C15H18F3N3O5S. The number of nitrogens with zero attached hydrogens (tertiary/aromatic N) is 1. The van der Waals surface area contributed by atoms with E-state index in [0.29, 0.717) is 18.7 Å². The van der Waals surface area contributed by atoms with Crippen LogP contribution in [0.25, 0.3) is 10.9 Å². The van der Waals surface area contributed by atoms with E-state index in [1.165, 1.54) is 0 Å².